The molecular formula is C17H13F3OS. The van der Waals surface area contributed by atoms with Crippen LogP contribution in [0.2, 0.25) is 0 Å². The molecule has 22 heavy (non-hydrogen) atoms. The number of ether oxygens (including phenoxy) is 1. The van der Waals surface area contributed by atoms with Crippen molar-refractivity contribution in [3.8, 4) is 0 Å². The Balaban J connectivity index is 1.52. The van der Waals surface area contributed by atoms with Gasteiger partial charge in [0.2, 0.25) is 0 Å². The Morgan fingerprint density at radius 2 is 1.64 bits per heavy atom. The van der Waals surface area contributed by atoms with Crippen molar-refractivity contribution >= 4 is 11.8 Å². The van der Waals surface area contributed by atoms with Gasteiger partial charge in [0.1, 0.15) is 0 Å². The molecule has 0 amide bonds. The molecule has 3 atom stereocenters. The molecule has 0 radical (unpaired) electrons. The summed E-state index contributed by atoms with van der Waals surface area (Å²) in [7, 11) is 0. The molecule has 2 aliphatic heterocycles. The van der Waals surface area contributed by atoms with Crippen LogP contribution in [-0.2, 0) is 10.9 Å². The van der Waals surface area contributed by atoms with E-state index in [1.54, 1.807) is 23.9 Å². The topological polar surface area (TPSA) is 9.23 Å². The van der Waals surface area contributed by atoms with E-state index in [0.717, 1.165) is 23.4 Å². The van der Waals surface area contributed by atoms with Crippen LogP contribution in [0.4, 0.5) is 13.2 Å². The molecule has 0 spiro atoms. The van der Waals surface area contributed by atoms with Gasteiger partial charge >= 0.3 is 6.18 Å². The van der Waals surface area contributed by atoms with Gasteiger partial charge in [0.05, 0.1) is 17.8 Å². The number of fused-ring (bicyclic) bond motifs is 5. The van der Waals surface area contributed by atoms with Crippen LogP contribution in [0.15, 0.2) is 53.4 Å². The molecule has 0 N–H and O–H groups in total. The highest BCUT2D eigenvalue weighted by Crippen LogP contribution is 2.55. The monoisotopic (exact) mass is 322 g/mol. The third-order valence-electron chi connectivity index (χ3n) is 4.21. The molecule has 2 aromatic rings. The SMILES string of the molecule is FC(F)(F)c1ccc(S[C@@H]2C[C@@H]3O[C@H]2c2ccccc23)cc1. The summed E-state index contributed by atoms with van der Waals surface area (Å²) in [4.78, 5) is 0.853. The third-order valence-corrected chi connectivity index (χ3v) is 5.50. The normalized spacial score (nSPS) is 26.2. The molecule has 0 unspecified atom stereocenters. The predicted molar refractivity (Wildman–Crippen MR) is 78.7 cm³/mol. The first-order valence-corrected chi connectivity index (χ1v) is 7.98. The second-order valence-electron chi connectivity index (χ2n) is 5.59. The number of rotatable bonds is 2. The van der Waals surface area contributed by atoms with Crippen molar-refractivity contribution in [1.29, 1.82) is 0 Å². The van der Waals surface area contributed by atoms with Crippen molar-refractivity contribution < 1.29 is 17.9 Å². The van der Waals surface area contributed by atoms with E-state index in [1.165, 1.54) is 11.1 Å². The summed E-state index contributed by atoms with van der Waals surface area (Å²) in [6.07, 6.45) is -3.19. The third kappa shape index (κ3) is 2.32. The Morgan fingerprint density at radius 3 is 2.32 bits per heavy atom. The number of thioether (sulfide) groups is 1. The first-order valence-electron chi connectivity index (χ1n) is 7.10. The lowest BCUT2D eigenvalue weighted by Gasteiger charge is -2.20. The van der Waals surface area contributed by atoms with E-state index in [1.807, 2.05) is 12.1 Å². The lowest BCUT2D eigenvalue weighted by molar-refractivity contribution is -0.137. The molecule has 2 aliphatic rings. The second kappa shape index (κ2) is 5.03. The molecule has 114 valence electrons. The van der Waals surface area contributed by atoms with E-state index in [0.29, 0.717) is 0 Å². The lowest BCUT2D eigenvalue weighted by atomic mass is 9.92. The fraction of sp³-hybridized carbons (Fsp3) is 0.294. The lowest BCUT2D eigenvalue weighted by Crippen LogP contribution is -2.12. The van der Waals surface area contributed by atoms with E-state index in [9.17, 15) is 13.2 Å². The average Bonchev–Trinajstić information content (AvgIpc) is 3.06. The second-order valence-corrected chi connectivity index (χ2v) is 6.90. The number of alkyl halides is 3. The number of hydrogen-bond acceptors (Lipinski definition) is 2. The Labute approximate surface area is 130 Å². The van der Waals surface area contributed by atoms with E-state index in [4.69, 9.17) is 4.74 Å². The largest absolute Gasteiger partial charge is 0.416 e. The zero-order chi connectivity index (χ0) is 15.3. The van der Waals surface area contributed by atoms with E-state index in [2.05, 4.69) is 12.1 Å². The zero-order valence-electron chi connectivity index (χ0n) is 11.5. The van der Waals surface area contributed by atoms with Crippen LogP contribution in [-0.4, -0.2) is 5.25 Å². The van der Waals surface area contributed by atoms with Crippen LogP contribution in [0.5, 0.6) is 0 Å². The molecule has 0 aromatic heterocycles. The molecule has 2 heterocycles. The van der Waals surface area contributed by atoms with Crippen molar-refractivity contribution in [3.63, 3.8) is 0 Å². The van der Waals surface area contributed by atoms with Crippen LogP contribution in [0.3, 0.4) is 0 Å². The minimum atomic E-state index is -4.28. The molecule has 1 nitrogen and oxygen atoms in total. The van der Waals surface area contributed by atoms with Crippen molar-refractivity contribution in [1.82, 2.24) is 0 Å². The van der Waals surface area contributed by atoms with Gasteiger partial charge in [-0.1, -0.05) is 24.3 Å². The molecule has 5 heteroatoms. The number of benzene rings is 2. The van der Waals surface area contributed by atoms with E-state index >= 15 is 0 Å². The van der Waals surface area contributed by atoms with Crippen LogP contribution >= 0.6 is 11.8 Å². The highest BCUT2D eigenvalue weighted by Gasteiger charge is 2.45. The summed E-state index contributed by atoms with van der Waals surface area (Å²) >= 11 is 1.60. The summed E-state index contributed by atoms with van der Waals surface area (Å²) < 4.78 is 43.8. The molecule has 0 aliphatic carbocycles. The minimum Gasteiger partial charge on any atom is -0.364 e. The van der Waals surface area contributed by atoms with Gasteiger partial charge in [0.25, 0.3) is 0 Å². The summed E-state index contributed by atoms with van der Waals surface area (Å²) in [5.74, 6) is 0. The van der Waals surface area contributed by atoms with Crippen LogP contribution < -0.4 is 0 Å². The van der Waals surface area contributed by atoms with Gasteiger partial charge in [-0.3, -0.25) is 0 Å². The maximum absolute atomic E-state index is 12.6. The van der Waals surface area contributed by atoms with Gasteiger partial charge in [-0.15, -0.1) is 11.8 Å². The predicted octanol–water partition coefficient (Wildman–Crippen LogP) is 5.38. The Morgan fingerprint density at radius 1 is 0.955 bits per heavy atom. The molecular weight excluding hydrogens is 309 g/mol. The van der Waals surface area contributed by atoms with Crippen molar-refractivity contribution in [2.24, 2.45) is 0 Å². The number of hydrogen-bond donors (Lipinski definition) is 0. The van der Waals surface area contributed by atoms with Gasteiger partial charge in [0.15, 0.2) is 0 Å². The Hall–Kier alpha value is -1.46. The van der Waals surface area contributed by atoms with Crippen molar-refractivity contribution in [2.75, 3.05) is 0 Å². The fourth-order valence-electron chi connectivity index (χ4n) is 3.20. The zero-order valence-corrected chi connectivity index (χ0v) is 12.3. The molecule has 0 saturated carbocycles. The number of halogens is 3. The first-order chi connectivity index (χ1) is 10.5. The Bertz CT molecular complexity index is 696. The Kier molecular flexibility index (Phi) is 3.24. The quantitative estimate of drug-likeness (QED) is 0.734. The van der Waals surface area contributed by atoms with E-state index < -0.39 is 11.7 Å². The summed E-state index contributed by atoms with van der Waals surface area (Å²) in [6, 6.07) is 13.6. The maximum atomic E-state index is 12.6. The minimum absolute atomic E-state index is 0.0495. The van der Waals surface area contributed by atoms with Gasteiger partial charge < -0.3 is 4.74 Å². The van der Waals surface area contributed by atoms with Gasteiger partial charge in [-0.2, -0.15) is 13.2 Å². The highest BCUT2D eigenvalue weighted by molar-refractivity contribution is 8.00. The highest BCUT2D eigenvalue weighted by atomic mass is 32.2. The molecule has 2 aromatic carbocycles. The van der Waals surface area contributed by atoms with Gasteiger partial charge in [0, 0.05) is 10.1 Å². The average molecular weight is 322 g/mol. The molecule has 4 rings (SSSR count). The molecule has 2 bridgehead atoms. The smallest absolute Gasteiger partial charge is 0.364 e. The maximum Gasteiger partial charge on any atom is 0.416 e. The fourth-order valence-corrected chi connectivity index (χ4v) is 4.45. The standard InChI is InChI=1S/C17H13F3OS/c18-17(19,20)10-5-7-11(8-6-10)22-15-9-14-12-3-1-2-4-13(12)16(15)21-14/h1-8,14-16H,9H2/t14-,15+,16-/m0/s1. The van der Waals surface area contributed by atoms with E-state index in [-0.39, 0.29) is 17.5 Å². The van der Waals surface area contributed by atoms with Gasteiger partial charge in [-0.25, -0.2) is 0 Å². The van der Waals surface area contributed by atoms with Crippen LogP contribution in [0, 0.1) is 0 Å². The summed E-state index contributed by atoms with van der Waals surface area (Å²) in [6.45, 7) is 0. The van der Waals surface area contributed by atoms with Gasteiger partial charge in [-0.05, 0) is 41.8 Å². The van der Waals surface area contributed by atoms with Crippen LogP contribution in [0.25, 0.3) is 0 Å². The van der Waals surface area contributed by atoms with Crippen LogP contribution in [0.1, 0.15) is 35.3 Å². The van der Waals surface area contributed by atoms with Crippen molar-refractivity contribution in [3.05, 3.63) is 65.2 Å². The molecule has 1 fully saturated rings. The molecule has 1 saturated heterocycles. The first kappa shape index (κ1) is 14.2. The summed E-state index contributed by atoms with van der Waals surface area (Å²) in [5.41, 5.74) is 1.88. The summed E-state index contributed by atoms with van der Waals surface area (Å²) in [5, 5.41) is 0.261. The van der Waals surface area contributed by atoms with Crippen molar-refractivity contribution in [2.45, 2.75) is 35.0 Å².